The summed E-state index contributed by atoms with van der Waals surface area (Å²) in [5.41, 5.74) is 6.20. The van der Waals surface area contributed by atoms with E-state index in [1.54, 1.807) is 28.6 Å². The molecule has 0 aliphatic carbocycles. The van der Waals surface area contributed by atoms with Gasteiger partial charge >= 0.3 is 0 Å². The van der Waals surface area contributed by atoms with Crippen LogP contribution in [0.5, 0.6) is 0 Å². The van der Waals surface area contributed by atoms with Crippen molar-refractivity contribution in [3.8, 4) is 0 Å². The van der Waals surface area contributed by atoms with Crippen molar-refractivity contribution < 1.29 is 8.42 Å². The summed E-state index contributed by atoms with van der Waals surface area (Å²) in [6.45, 7) is 3.38. The van der Waals surface area contributed by atoms with Crippen molar-refractivity contribution in [2.45, 2.75) is 31.1 Å². The van der Waals surface area contributed by atoms with Crippen LogP contribution in [0.1, 0.15) is 31.7 Å². The van der Waals surface area contributed by atoms with E-state index in [4.69, 9.17) is 18.0 Å². The molecule has 0 radical (unpaired) electrons. The molecule has 0 saturated carbocycles. The monoisotopic (exact) mass is 312 g/mol. The van der Waals surface area contributed by atoms with Crippen LogP contribution in [-0.4, -0.2) is 30.8 Å². The standard InChI is InChI=1S/C14H20N2O2S2/c1-2-3-11-8-9-16(10-11)20(17,18)13-6-4-12(5-7-13)14(15)19/h4-7,11H,2-3,8-10H2,1H3,(H2,15,19). The van der Waals surface area contributed by atoms with Crippen LogP contribution in [0.2, 0.25) is 0 Å². The lowest BCUT2D eigenvalue weighted by Gasteiger charge is -2.16. The third-order valence-electron chi connectivity index (χ3n) is 3.72. The first-order valence-corrected chi connectivity index (χ1v) is 8.70. The van der Waals surface area contributed by atoms with Crippen molar-refractivity contribution >= 4 is 27.2 Å². The van der Waals surface area contributed by atoms with Crippen molar-refractivity contribution in [1.82, 2.24) is 4.31 Å². The number of hydrogen-bond donors (Lipinski definition) is 1. The predicted molar refractivity (Wildman–Crippen MR) is 84.1 cm³/mol. The number of sulfonamides is 1. The Morgan fingerprint density at radius 2 is 2.05 bits per heavy atom. The van der Waals surface area contributed by atoms with Crippen molar-refractivity contribution in [3.05, 3.63) is 29.8 Å². The van der Waals surface area contributed by atoms with Gasteiger partial charge in [-0.2, -0.15) is 4.31 Å². The fourth-order valence-electron chi connectivity index (χ4n) is 2.60. The minimum Gasteiger partial charge on any atom is -0.389 e. The lowest BCUT2D eigenvalue weighted by molar-refractivity contribution is 0.444. The van der Waals surface area contributed by atoms with Crippen LogP contribution in [0.4, 0.5) is 0 Å². The van der Waals surface area contributed by atoms with E-state index >= 15 is 0 Å². The molecule has 4 nitrogen and oxygen atoms in total. The summed E-state index contributed by atoms with van der Waals surface area (Å²) < 4.78 is 26.6. The quantitative estimate of drug-likeness (QED) is 0.846. The van der Waals surface area contributed by atoms with Gasteiger partial charge in [-0.1, -0.05) is 37.7 Å². The Hall–Kier alpha value is -0.980. The minimum absolute atomic E-state index is 0.276. The van der Waals surface area contributed by atoms with Crippen LogP contribution in [0.3, 0.4) is 0 Å². The summed E-state index contributed by atoms with van der Waals surface area (Å²) in [6, 6.07) is 6.48. The molecule has 1 unspecified atom stereocenters. The summed E-state index contributed by atoms with van der Waals surface area (Å²) in [4.78, 5) is 0.591. The van der Waals surface area contributed by atoms with Gasteiger partial charge in [0.2, 0.25) is 10.0 Å². The normalized spacial score (nSPS) is 20.1. The van der Waals surface area contributed by atoms with E-state index in [1.165, 1.54) is 0 Å². The van der Waals surface area contributed by atoms with Crippen LogP contribution in [0.25, 0.3) is 0 Å². The van der Waals surface area contributed by atoms with Crippen molar-refractivity contribution in [1.29, 1.82) is 0 Å². The van der Waals surface area contributed by atoms with Gasteiger partial charge in [0.05, 0.1) is 4.90 Å². The molecule has 1 fully saturated rings. The second-order valence-electron chi connectivity index (χ2n) is 5.20. The van der Waals surface area contributed by atoms with Gasteiger partial charge in [0, 0.05) is 18.7 Å². The Labute approximate surface area is 126 Å². The van der Waals surface area contributed by atoms with E-state index in [2.05, 4.69) is 6.92 Å². The predicted octanol–water partition coefficient (Wildman–Crippen LogP) is 2.13. The molecule has 1 aliphatic rings. The molecule has 1 heterocycles. The average Bonchev–Trinajstić information content (AvgIpc) is 2.88. The second-order valence-corrected chi connectivity index (χ2v) is 7.57. The maximum Gasteiger partial charge on any atom is 0.243 e. The second kappa shape index (κ2) is 6.20. The highest BCUT2D eigenvalue weighted by Gasteiger charge is 2.31. The lowest BCUT2D eigenvalue weighted by Crippen LogP contribution is -2.29. The molecule has 2 N–H and O–H groups in total. The van der Waals surface area contributed by atoms with Crippen LogP contribution >= 0.6 is 12.2 Å². The van der Waals surface area contributed by atoms with Gasteiger partial charge in [0.25, 0.3) is 0 Å². The Kier molecular flexibility index (Phi) is 4.78. The number of benzene rings is 1. The van der Waals surface area contributed by atoms with Crippen LogP contribution < -0.4 is 5.73 Å². The Morgan fingerprint density at radius 1 is 1.40 bits per heavy atom. The minimum atomic E-state index is -3.38. The lowest BCUT2D eigenvalue weighted by atomic mass is 10.0. The largest absolute Gasteiger partial charge is 0.389 e. The smallest absolute Gasteiger partial charge is 0.243 e. The Morgan fingerprint density at radius 3 is 2.60 bits per heavy atom. The first-order chi connectivity index (χ1) is 9.45. The molecule has 0 aromatic heterocycles. The number of thiocarbonyl (C=S) groups is 1. The van der Waals surface area contributed by atoms with Gasteiger partial charge in [-0.25, -0.2) is 8.42 Å². The first kappa shape index (κ1) is 15.4. The first-order valence-electron chi connectivity index (χ1n) is 6.85. The zero-order chi connectivity index (χ0) is 14.8. The topological polar surface area (TPSA) is 63.4 Å². The molecule has 1 aliphatic heterocycles. The average molecular weight is 312 g/mol. The summed E-state index contributed by atoms with van der Waals surface area (Å²) in [5.74, 6) is 0.491. The number of hydrogen-bond acceptors (Lipinski definition) is 3. The molecule has 0 amide bonds. The molecule has 1 aromatic carbocycles. The fraction of sp³-hybridized carbons (Fsp3) is 0.500. The van der Waals surface area contributed by atoms with E-state index in [9.17, 15) is 8.42 Å². The SMILES string of the molecule is CCCC1CCN(S(=O)(=O)c2ccc(C(N)=S)cc2)C1. The number of nitrogens with zero attached hydrogens (tertiary/aromatic N) is 1. The van der Waals surface area contributed by atoms with E-state index in [0.29, 0.717) is 29.5 Å². The van der Waals surface area contributed by atoms with Gasteiger partial charge in [-0.15, -0.1) is 0 Å². The van der Waals surface area contributed by atoms with Crippen LogP contribution in [0.15, 0.2) is 29.2 Å². The Bertz CT molecular complexity index is 582. The molecule has 20 heavy (non-hydrogen) atoms. The maximum absolute atomic E-state index is 12.5. The number of nitrogens with two attached hydrogens (primary N) is 1. The molecular formula is C14H20N2O2S2. The van der Waals surface area contributed by atoms with E-state index in [1.807, 2.05) is 0 Å². The van der Waals surface area contributed by atoms with Gasteiger partial charge in [-0.05, 0) is 30.9 Å². The zero-order valence-corrected chi connectivity index (χ0v) is 13.2. The van der Waals surface area contributed by atoms with E-state index < -0.39 is 10.0 Å². The molecule has 1 atom stereocenters. The fourth-order valence-corrected chi connectivity index (χ4v) is 4.27. The van der Waals surface area contributed by atoms with E-state index in [0.717, 1.165) is 19.3 Å². The summed E-state index contributed by atoms with van der Waals surface area (Å²) in [5, 5.41) is 0. The summed E-state index contributed by atoms with van der Waals surface area (Å²) in [6.07, 6.45) is 3.14. The Balaban J connectivity index is 2.16. The van der Waals surface area contributed by atoms with Crippen LogP contribution in [-0.2, 0) is 10.0 Å². The molecule has 6 heteroatoms. The summed E-state index contributed by atoms with van der Waals surface area (Å²) >= 11 is 4.87. The molecule has 2 rings (SSSR count). The summed E-state index contributed by atoms with van der Waals surface area (Å²) in [7, 11) is -3.38. The third kappa shape index (κ3) is 3.19. The highest BCUT2D eigenvalue weighted by Crippen LogP contribution is 2.26. The molecular weight excluding hydrogens is 292 g/mol. The molecule has 1 saturated heterocycles. The molecule has 0 spiro atoms. The zero-order valence-electron chi connectivity index (χ0n) is 11.6. The highest BCUT2D eigenvalue weighted by molar-refractivity contribution is 7.89. The van der Waals surface area contributed by atoms with Gasteiger partial charge in [0.15, 0.2) is 0 Å². The maximum atomic E-state index is 12.5. The highest BCUT2D eigenvalue weighted by atomic mass is 32.2. The molecule has 1 aromatic rings. The molecule has 110 valence electrons. The van der Waals surface area contributed by atoms with Crippen LogP contribution in [0, 0.1) is 5.92 Å². The van der Waals surface area contributed by atoms with Gasteiger partial charge in [0.1, 0.15) is 4.99 Å². The van der Waals surface area contributed by atoms with Crippen molar-refractivity contribution in [2.24, 2.45) is 11.7 Å². The van der Waals surface area contributed by atoms with E-state index in [-0.39, 0.29) is 4.99 Å². The number of rotatable bonds is 5. The van der Waals surface area contributed by atoms with Gasteiger partial charge in [-0.3, -0.25) is 0 Å². The van der Waals surface area contributed by atoms with Gasteiger partial charge < -0.3 is 5.73 Å². The third-order valence-corrected chi connectivity index (χ3v) is 5.84. The van der Waals surface area contributed by atoms with Crippen molar-refractivity contribution in [3.63, 3.8) is 0 Å². The van der Waals surface area contributed by atoms with Crippen molar-refractivity contribution in [2.75, 3.05) is 13.1 Å². The molecule has 0 bridgehead atoms.